The predicted molar refractivity (Wildman–Crippen MR) is 85.2 cm³/mol. The number of carbonyl (C=O) groups is 1. The summed E-state index contributed by atoms with van der Waals surface area (Å²) in [6, 6.07) is 2.50. The van der Waals surface area contributed by atoms with Gasteiger partial charge >= 0.3 is 12.2 Å². The molecule has 3 aliphatic rings. The van der Waals surface area contributed by atoms with E-state index in [0.717, 1.165) is 0 Å². The summed E-state index contributed by atoms with van der Waals surface area (Å²) in [5.41, 5.74) is -0.689. The molecule has 0 aliphatic heterocycles. The third kappa shape index (κ3) is 3.19. The predicted octanol–water partition coefficient (Wildman–Crippen LogP) is 3.21. The van der Waals surface area contributed by atoms with Gasteiger partial charge in [0.15, 0.2) is 6.61 Å². The van der Waals surface area contributed by atoms with Crippen molar-refractivity contribution in [3.63, 3.8) is 0 Å². The van der Waals surface area contributed by atoms with Crippen molar-refractivity contribution in [2.45, 2.75) is 38.7 Å². The Morgan fingerprint density at radius 1 is 1.35 bits per heavy atom. The van der Waals surface area contributed by atoms with Gasteiger partial charge in [-0.1, -0.05) is 13.8 Å². The second-order valence-corrected chi connectivity index (χ2v) is 7.22. The zero-order chi connectivity index (χ0) is 19.2. The fraction of sp³-hybridized carbons (Fsp3) is 0.647. The van der Waals surface area contributed by atoms with Crippen LogP contribution in [-0.4, -0.2) is 36.0 Å². The largest absolute Gasteiger partial charge is 0.468 e. The van der Waals surface area contributed by atoms with E-state index in [-0.39, 0.29) is 29.7 Å². The number of aromatic nitrogens is 1. The Hall–Kier alpha value is -2.06. The average Bonchev–Trinajstić information content (AvgIpc) is 2.61. The Balaban J connectivity index is 1.44. The number of pyridine rings is 1. The van der Waals surface area contributed by atoms with Crippen LogP contribution in [0.25, 0.3) is 0 Å². The van der Waals surface area contributed by atoms with E-state index in [1.165, 1.54) is 12.3 Å². The molecule has 3 aliphatic carbocycles. The lowest BCUT2D eigenvalue weighted by Crippen LogP contribution is -2.81. The van der Waals surface area contributed by atoms with Crippen molar-refractivity contribution in [2.75, 3.05) is 13.2 Å². The van der Waals surface area contributed by atoms with Crippen molar-refractivity contribution in [3.05, 3.63) is 23.9 Å². The van der Waals surface area contributed by atoms with Gasteiger partial charge in [0.05, 0.1) is 0 Å². The molecular formula is C17H21F4N3O2. The van der Waals surface area contributed by atoms with Crippen molar-refractivity contribution in [2.24, 2.45) is 17.3 Å². The average molecular weight is 375 g/mol. The minimum atomic E-state index is -4.44. The smallest absolute Gasteiger partial charge is 0.422 e. The summed E-state index contributed by atoms with van der Waals surface area (Å²) in [6.07, 6.45) is -2.65. The number of urea groups is 1. The number of hydrogen-bond acceptors (Lipinski definition) is 3. The Labute approximate surface area is 148 Å². The molecule has 2 bridgehead atoms. The van der Waals surface area contributed by atoms with Gasteiger partial charge in [-0.25, -0.2) is 14.2 Å². The summed E-state index contributed by atoms with van der Waals surface area (Å²) in [7, 11) is 0. The topological polar surface area (TPSA) is 63.2 Å². The number of nitrogens with zero attached hydrogens (tertiary/aromatic N) is 1. The summed E-state index contributed by atoms with van der Waals surface area (Å²) < 4.78 is 55.2. The van der Waals surface area contributed by atoms with Gasteiger partial charge < -0.3 is 15.4 Å². The van der Waals surface area contributed by atoms with Gasteiger partial charge in [0, 0.05) is 30.8 Å². The molecule has 144 valence electrons. The highest BCUT2D eigenvalue weighted by atomic mass is 19.4. The normalized spacial score (nSPS) is 32.2. The number of alkyl halides is 4. The summed E-state index contributed by atoms with van der Waals surface area (Å²) in [4.78, 5) is 15.6. The summed E-state index contributed by atoms with van der Waals surface area (Å²) in [5.74, 6) is -0.274. The van der Waals surface area contributed by atoms with E-state index >= 15 is 0 Å². The molecule has 0 spiro atoms. The second-order valence-electron chi connectivity index (χ2n) is 7.22. The molecule has 1 heterocycles. The van der Waals surface area contributed by atoms with Crippen molar-refractivity contribution in [1.29, 1.82) is 0 Å². The molecule has 3 saturated carbocycles. The first-order valence-corrected chi connectivity index (χ1v) is 8.42. The molecule has 0 saturated heterocycles. The molecule has 0 radical (unpaired) electrons. The van der Waals surface area contributed by atoms with Crippen molar-refractivity contribution in [3.8, 4) is 5.88 Å². The van der Waals surface area contributed by atoms with Crippen molar-refractivity contribution < 1.29 is 27.1 Å². The lowest BCUT2D eigenvalue weighted by molar-refractivity contribution is -0.324. The van der Waals surface area contributed by atoms with Gasteiger partial charge in [0.1, 0.15) is 5.67 Å². The van der Waals surface area contributed by atoms with Crippen LogP contribution in [0.15, 0.2) is 18.3 Å². The van der Waals surface area contributed by atoms with Crippen LogP contribution >= 0.6 is 0 Å². The van der Waals surface area contributed by atoms with E-state index in [9.17, 15) is 22.4 Å². The zero-order valence-electron chi connectivity index (χ0n) is 14.5. The standard InChI is InChI=1S/C17H21F4N3O2/c1-10-15(7-16(10,18)11(15)2)8-24-14(25)23-6-12-3-4-22-13(5-12)26-9-17(19,20)21/h3-5,10-11H,6-9H2,1-2H3,(H2,23,24,25)/t10-,11-,15?,16?/m0/s1. The van der Waals surface area contributed by atoms with Crippen LogP contribution in [0.5, 0.6) is 5.88 Å². The van der Waals surface area contributed by atoms with E-state index < -0.39 is 24.5 Å². The van der Waals surface area contributed by atoms with Gasteiger partial charge in [-0.15, -0.1) is 0 Å². The molecule has 2 amide bonds. The number of carbonyl (C=O) groups excluding carboxylic acids is 1. The first-order chi connectivity index (χ1) is 12.1. The highest BCUT2D eigenvalue weighted by Gasteiger charge is 2.79. The van der Waals surface area contributed by atoms with Crippen LogP contribution in [0.2, 0.25) is 0 Å². The maximum atomic E-state index is 14.2. The fourth-order valence-electron chi connectivity index (χ4n) is 4.12. The molecule has 3 fully saturated rings. The van der Waals surface area contributed by atoms with Crippen molar-refractivity contribution in [1.82, 2.24) is 15.6 Å². The lowest BCUT2D eigenvalue weighted by atomic mass is 9.30. The van der Waals surface area contributed by atoms with E-state index in [1.807, 2.05) is 13.8 Å². The van der Waals surface area contributed by atoms with Gasteiger partial charge in [-0.3, -0.25) is 0 Å². The summed E-state index contributed by atoms with van der Waals surface area (Å²) in [5, 5.41) is 5.39. The number of nitrogens with one attached hydrogen (secondary N) is 2. The Kier molecular flexibility index (Phi) is 4.52. The molecule has 26 heavy (non-hydrogen) atoms. The quantitative estimate of drug-likeness (QED) is 0.751. The highest BCUT2D eigenvalue weighted by Crippen LogP contribution is 2.76. The van der Waals surface area contributed by atoms with Crippen LogP contribution in [0.4, 0.5) is 22.4 Å². The third-order valence-corrected chi connectivity index (χ3v) is 5.98. The number of halogens is 4. The molecule has 9 heteroatoms. The third-order valence-electron chi connectivity index (χ3n) is 5.98. The lowest BCUT2D eigenvalue weighted by Gasteiger charge is -2.76. The van der Waals surface area contributed by atoms with E-state index in [0.29, 0.717) is 18.5 Å². The van der Waals surface area contributed by atoms with E-state index in [4.69, 9.17) is 0 Å². The monoisotopic (exact) mass is 375 g/mol. The first kappa shape index (κ1) is 18.7. The van der Waals surface area contributed by atoms with Gasteiger partial charge in [0.25, 0.3) is 0 Å². The van der Waals surface area contributed by atoms with Gasteiger partial charge in [-0.05, 0) is 29.9 Å². The Morgan fingerprint density at radius 2 is 2.04 bits per heavy atom. The van der Waals surface area contributed by atoms with Crippen LogP contribution in [-0.2, 0) is 6.54 Å². The molecule has 4 rings (SSSR count). The summed E-state index contributed by atoms with van der Waals surface area (Å²) in [6.45, 7) is 2.82. The number of ether oxygens (including phenoxy) is 1. The van der Waals surface area contributed by atoms with E-state index in [2.05, 4.69) is 20.4 Å². The van der Waals surface area contributed by atoms with Crippen LogP contribution in [0, 0.1) is 17.3 Å². The van der Waals surface area contributed by atoms with Gasteiger partial charge in [0.2, 0.25) is 5.88 Å². The minimum absolute atomic E-state index is 0.0566. The molecule has 0 aromatic carbocycles. The summed E-state index contributed by atoms with van der Waals surface area (Å²) >= 11 is 0. The minimum Gasteiger partial charge on any atom is -0.468 e. The Morgan fingerprint density at radius 3 is 2.65 bits per heavy atom. The molecule has 1 aromatic rings. The van der Waals surface area contributed by atoms with Gasteiger partial charge in [-0.2, -0.15) is 13.2 Å². The van der Waals surface area contributed by atoms with Crippen LogP contribution in [0.1, 0.15) is 25.8 Å². The Bertz CT molecular complexity index is 685. The SMILES string of the molecule is C[C@@H]1C2(F)CC1(CNC(=O)NCc1ccnc(OCC(F)(F)F)c1)[C@@H]2C. The first-order valence-electron chi connectivity index (χ1n) is 8.42. The van der Waals surface area contributed by atoms with Crippen LogP contribution in [0.3, 0.4) is 0 Å². The maximum Gasteiger partial charge on any atom is 0.422 e. The second kappa shape index (κ2) is 6.28. The molecule has 0 unspecified atom stereocenters. The fourth-order valence-corrected chi connectivity index (χ4v) is 4.12. The molecular weight excluding hydrogens is 354 g/mol. The maximum absolute atomic E-state index is 14.2. The number of hydrogen-bond donors (Lipinski definition) is 2. The molecule has 5 nitrogen and oxygen atoms in total. The molecule has 2 atom stereocenters. The molecule has 2 N–H and O–H groups in total. The number of amides is 2. The van der Waals surface area contributed by atoms with E-state index in [1.54, 1.807) is 6.07 Å². The molecule has 1 aromatic heterocycles. The number of rotatable bonds is 6. The van der Waals surface area contributed by atoms with Crippen LogP contribution < -0.4 is 15.4 Å². The van der Waals surface area contributed by atoms with Crippen molar-refractivity contribution >= 4 is 6.03 Å². The zero-order valence-corrected chi connectivity index (χ0v) is 14.5. The highest BCUT2D eigenvalue weighted by molar-refractivity contribution is 5.74.